The summed E-state index contributed by atoms with van der Waals surface area (Å²) in [6.07, 6.45) is 2.91. The number of aromatic hydroxyl groups is 1. The van der Waals surface area contributed by atoms with E-state index < -0.39 is 40.5 Å². The van der Waals surface area contributed by atoms with Gasteiger partial charge < -0.3 is 25.2 Å². The van der Waals surface area contributed by atoms with Gasteiger partial charge in [-0.25, -0.2) is 4.79 Å². The smallest absolute Gasteiger partial charge is 0.336 e. The summed E-state index contributed by atoms with van der Waals surface area (Å²) in [5.41, 5.74) is 0.484. The highest BCUT2D eigenvalue weighted by Gasteiger charge is 2.44. The van der Waals surface area contributed by atoms with Gasteiger partial charge >= 0.3 is 11.9 Å². The molecule has 14 heteroatoms. The van der Waals surface area contributed by atoms with E-state index in [9.17, 15) is 34.4 Å². The number of allylic oxidation sites excluding steroid dienone is 1. The zero-order valence-corrected chi connectivity index (χ0v) is 25.0. The molecule has 14 nitrogen and oxygen atoms in total. The molecule has 2 atom stereocenters. The van der Waals surface area contributed by atoms with Crippen LogP contribution in [0.3, 0.4) is 0 Å². The summed E-state index contributed by atoms with van der Waals surface area (Å²) in [5, 5.41) is 27.1. The fraction of sp³-hybridized carbons (Fsp3) is 0.250. The summed E-state index contributed by atoms with van der Waals surface area (Å²) >= 11 is 0. The van der Waals surface area contributed by atoms with Gasteiger partial charge in [0, 0.05) is 41.4 Å². The Labute approximate surface area is 263 Å². The van der Waals surface area contributed by atoms with Crippen molar-refractivity contribution in [2.24, 2.45) is 10.9 Å². The van der Waals surface area contributed by atoms with Gasteiger partial charge in [-0.1, -0.05) is 30.3 Å². The molecule has 3 aromatic rings. The lowest BCUT2D eigenvalue weighted by atomic mass is 9.75. The van der Waals surface area contributed by atoms with Crippen molar-refractivity contribution in [3.8, 4) is 5.75 Å². The molecule has 0 bridgehead atoms. The number of nitrogens with zero attached hydrogens (tertiary/aromatic N) is 3. The number of phenols is 1. The van der Waals surface area contributed by atoms with Gasteiger partial charge in [-0.05, 0) is 38.1 Å². The number of hydrogen-bond acceptors (Lipinski definition) is 11. The van der Waals surface area contributed by atoms with E-state index in [0.29, 0.717) is 5.56 Å². The minimum atomic E-state index is -1.23. The highest BCUT2D eigenvalue weighted by atomic mass is 16.6. The Morgan fingerprint density at radius 2 is 1.59 bits per heavy atom. The van der Waals surface area contributed by atoms with Crippen molar-refractivity contribution in [1.29, 1.82) is 0 Å². The zero-order valence-electron chi connectivity index (χ0n) is 25.0. The molecule has 0 aliphatic carbocycles. The molecule has 0 saturated carbocycles. The molecule has 4 rings (SSSR count). The van der Waals surface area contributed by atoms with Crippen LogP contribution in [0.1, 0.15) is 46.0 Å². The number of nitro groups is 1. The molecule has 3 N–H and O–H groups in total. The fourth-order valence-corrected chi connectivity index (χ4v) is 5.01. The van der Waals surface area contributed by atoms with Crippen molar-refractivity contribution in [2.45, 2.75) is 19.8 Å². The Morgan fingerprint density at radius 3 is 2.28 bits per heavy atom. The molecule has 0 saturated heterocycles. The number of ether oxygens (including phenoxy) is 2. The molecular weight excluding hydrogens is 598 g/mol. The highest BCUT2D eigenvalue weighted by molar-refractivity contribution is 6.07. The minimum absolute atomic E-state index is 0.0330. The highest BCUT2D eigenvalue weighted by Crippen LogP contribution is 2.43. The average Bonchev–Trinajstić information content (AvgIpc) is 3.04. The lowest BCUT2D eigenvalue weighted by Crippen LogP contribution is -2.38. The van der Waals surface area contributed by atoms with E-state index in [1.165, 1.54) is 49.6 Å². The van der Waals surface area contributed by atoms with E-state index in [1.54, 1.807) is 37.3 Å². The molecule has 2 heterocycles. The fourth-order valence-electron chi connectivity index (χ4n) is 5.01. The number of aromatic nitrogens is 1. The Bertz CT molecular complexity index is 1700. The van der Waals surface area contributed by atoms with Crippen LogP contribution in [0.2, 0.25) is 0 Å². The Morgan fingerprint density at radius 1 is 0.913 bits per heavy atom. The van der Waals surface area contributed by atoms with Crippen LogP contribution in [0.4, 0.5) is 5.69 Å². The summed E-state index contributed by atoms with van der Waals surface area (Å²) in [5.74, 6) is -5.35. The number of hydrogen-bond donors (Lipinski definition) is 3. The van der Waals surface area contributed by atoms with Crippen LogP contribution in [0.25, 0.3) is 0 Å². The minimum Gasteiger partial charge on any atom is -0.507 e. The molecule has 2 amide bonds. The third kappa shape index (κ3) is 7.77. The number of amides is 2. The Hall–Kier alpha value is -5.92. The molecular formula is C32H31N5O9. The number of nitro benzene ring substituents is 1. The third-order valence-electron chi connectivity index (χ3n) is 7.10. The molecule has 46 heavy (non-hydrogen) atoms. The van der Waals surface area contributed by atoms with Crippen LogP contribution in [0, 0.1) is 16.0 Å². The van der Waals surface area contributed by atoms with Crippen LogP contribution in [-0.2, 0) is 19.1 Å². The third-order valence-corrected chi connectivity index (χ3v) is 7.10. The number of esters is 2. The van der Waals surface area contributed by atoms with Crippen molar-refractivity contribution >= 4 is 35.2 Å². The first kappa shape index (κ1) is 33.0. The van der Waals surface area contributed by atoms with Crippen LogP contribution >= 0.6 is 0 Å². The van der Waals surface area contributed by atoms with E-state index in [0.717, 1.165) is 0 Å². The number of nitrogens with one attached hydrogen (secondary N) is 2. The van der Waals surface area contributed by atoms with Gasteiger partial charge in [-0.15, -0.1) is 0 Å². The number of benzene rings is 2. The Balaban J connectivity index is 1.51. The molecule has 1 aliphatic rings. The number of aliphatic imine (C=N–C) groups is 1. The number of para-hydroxylation sites is 2. The summed E-state index contributed by atoms with van der Waals surface area (Å²) in [4.78, 5) is 71.4. The number of phenolic OH excluding ortho intramolecular Hbond substituents is 1. The quantitative estimate of drug-likeness (QED) is 0.116. The average molecular weight is 630 g/mol. The molecule has 0 fully saturated rings. The van der Waals surface area contributed by atoms with Crippen LogP contribution in [0.15, 0.2) is 89.3 Å². The second-order valence-corrected chi connectivity index (χ2v) is 10.1. The molecule has 0 radical (unpaired) electrons. The second kappa shape index (κ2) is 15.2. The Kier molecular flexibility index (Phi) is 10.9. The SMILES string of the molecule is CC1=NC(C)=C(C(=O)OCCNC(=O)c2ccccc2O)[C@@H](c2ccccc2[N+](=O)[O-])C1C(=O)OCCNC(=O)c1cccnc1. The van der Waals surface area contributed by atoms with E-state index in [4.69, 9.17) is 9.47 Å². The first-order valence-corrected chi connectivity index (χ1v) is 14.2. The second-order valence-electron chi connectivity index (χ2n) is 10.1. The monoisotopic (exact) mass is 629 g/mol. The van der Waals surface area contributed by atoms with Crippen molar-refractivity contribution in [3.63, 3.8) is 0 Å². The molecule has 238 valence electrons. The maximum absolute atomic E-state index is 13.5. The summed E-state index contributed by atoms with van der Waals surface area (Å²) < 4.78 is 10.9. The lowest BCUT2D eigenvalue weighted by Gasteiger charge is -2.31. The van der Waals surface area contributed by atoms with Crippen LogP contribution in [-0.4, -0.2) is 70.8 Å². The van der Waals surface area contributed by atoms with Crippen molar-refractivity contribution in [1.82, 2.24) is 15.6 Å². The predicted octanol–water partition coefficient (Wildman–Crippen LogP) is 3.09. The maximum atomic E-state index is 13.5. The number of carbonyl (C=O) groups excluding carboxylic acids is 4. The lowest BCUT2D eigenvalue weighted by molar-refractivity contribution is -0.385. The largest absolute Gasteiger partial charge is 0.507 e. The van der Waals surface area contributed by atoms with E-state index >= 15 is 0 Å². The van der Waals surface area contributed by atoms with Gasteiger partial charge in [-0.2, -0.15) is 0 Å². The molecule has 1 unspecified atom stereocenters. The van der Waals surface area contributed by atoms with Gasteiger partial charge in [0.2, 0.25) is 0 Å². The molecule has 1 aromatic heterocycles. The summed E-state index contributed by atoms with van der Waals surface area (Å²) in [6.45, 7) is 2.43. The summed E-state index contributed by atoms with van der Waals surface area (Å²) in [7, 11) is 0. The number of carbonyl (C=O) groups is 4. The van der Waals surface area contributed by atoms with Gasteiger partial charge in [0.15, 0.2) is 0 Å². The van der Waals surface area contributed by atoms with Crippen molar-refractivity contribution in [2.75, 3.05) is 26.3 Å². The van der Waals surface area contributed by atoms with Gasteiger partial charge in [0.05, 0.1) is 34.7 Å². The summed E-state index contributed by atoms with van der Waals surface area (Å²) in [6, 6.07) is 14.8. The van der Waals surface area contributed by atoms with Crippen LogP contribution in [0.5, 0.6) is 5.75 Å². The van der Waals surface area contributed by atoms with E-state index in [2.05, 4.69) is 20.6 Å². The van der Waals surface area contributed by atoms with Gasteiger partial charge in [-0.3, -0.25) is 34.5 Å². The van der Waals surface area contributed by atoms with Gasteiger partial charge in [0.1, 0.15) is 24.9 Å². The van der Waals surface area contributed by atoms with Crippen molar-refractivity contribution in [3.05, 3.63) is 111 Å². The topological polar surface area (TPSA) is 199 Å². The van der Waals surface area contributed by atoms with E-state index in [-0.39, 0.29) is 65.8 Å². The number of rotatable bonds is 12. The zero-order chi connectivity index (χ0) is 33.2. The standard InChI is InChI=1S/C32H31N5O9/c1-19-26(31(41)45-16-14-34-29(39)21-8-7-13-33-18-21)28(22-9-3-5-11-24(22)37(43)44)27(20(2)36-19)32(42)46-17-15-35-30(40)23-10-4-6-12-25(23)38/h3-13,18,26,28,38H,14-17H2,1-2H3,(H,34,39)(H,35,40)/t26?,28-/m0/s1. The normalized spacial score (nSPS) is 15.7. The van der Waals surface area contributed by atoms with Crippen LogP contribution < -0.4 is 10.6 Å². The molecule has 1 aliphatic heterocycles. The van der Waals surface area contributed by atoms with Gasteiger partial charge in [0.25, 0.3) is 17.5 Å². The maximum Gasteiger partial charge on any atom is 0.336 e. The van der Waals surface area contributed by atoms with E-state index in [1.807, 2.05) is 0 Å². The first-order chi connectivity index (χ1) is 22.1. The number of pyridine rings is 1. The predicted molar refractivity (Wildman–Crippen MR) is 164 cm³/mol. The first-order valence-electron chi connectivity index (χ1n) is 14.2. The molecule has 0 spiro atoms. The molecule has 2 aromatic carbocycles. The van der Waals surface area contributed by atoms with Crippen molar-refractivity contribution < 1.29 is 38.7 Å².